The molecule has 0 unspecified atom stereocenters. The second-order valence-corrected chi connectivity index (χ2v) is 7.79. The van der Waals surface area contributed by atoms with Gasteiger partial charge >= 0.3 is 6.09 Å². The smallest absolute Gasteiger partial charge is 0.411 e. The normalized spacial score (nSPS) is 10.4. The van der Waals surface area contributed by atoms with Crippen LogP contribution in [0.15, 0.2) is 90.6 Å². The first-order chi connectivity index (χ1) is 15.6. The molecule has 0 saturated carbocycles. The number of hydrogen-bond donors (Lipinski definition) is 2. The Bertz CT molecular complexity index is 1200. The summed E-state index contributed by atoms with van der Waals surface area (Å²) in [6.07, 6.45) is 2.68. The van der Waals surface area contributed by atoms with E-state index in [9.17, 15) is 9.59 Å². The van der Waals surface area contributed by atoms with Gasteiger partial charge in [-0.25, -0.2) is 15.6 Å². The van der Waals surface area contributed by atoms with E-state index >= 15 is 0 Å². The molecule has 2 amide bonds. The Labute approximate surface area is 189 Å². The van der Waals surface area contributed by atoms with E-state index in [2.05, 4.69) is 10.3 Å². The van der Waals surface area contributed by atoms with Crippen molar-refractivity contribution in [2.45, 2.75) is 6.61 Å². The second kappa shape index (κ2) is 9.86. The molecule has 3 N–H and O–H groups in total. The van der Waals surface area contributed by atoms with E-state index in [0.717, 1.165) is 21.0 Å². The van der Waals surface area contributed by atoms with E-state index < -0.39 is 6.09 Å². The predicted octanol–water partition coefficient (Wildman–Crippen LogP) is 5.08. The molecule has 0 fully saturated rings. The van der Waals surface area contributed by atoms with Gasteiger partial charge in [0.2, 0.25) is 0 Å². The van der Waals surface area contributed by atoms with E-state index in [4.69, 9.17) is 10.6 Å². The molecule has 2 aromatic heterocycles. The number of aromatic nitrogens is 1. The van der Waals surface area contributed by atoms with Crippen LogP contribution in [0.2, 0.25) is 0 Å². The van der Waals surface area contributed by atoms with Gasteiger partial charge in [-0.1, -0.05) is 24.3 Å². The first-order valence-electron chi connectivity index (χ1n) is 9.76. The number of anilines is 2. The summed E-state index contributed by atoms with van der Waals surface area (Å²) < 4.78 is 5.16. The Kier molecular flexibility index (Phi) is 6.54. The van der Waals surface area contributed by atoms with Gasteiger partial charge in [-0.15, -0.1) is 11.3 Å². The number of carbonyl (C=O) groups excluding carboxylic acids is 2. The van der Waals surface area contributed by atoms with Crippen molar-refractivity contribution in [3.63, 3.8) is 0 Å². The maximum atomic E-state index is 12.8. The van der Waals surface area contributed by atoms with Gasteiger partial charge in [0.15, 0.2) is 0 Å². The van der Waals surface area contributed by atoms with Gasteiger partial charge in [-0.05, 0) is 59.5 Å². The minimum Gasteiger partial charge on any atom is -0.444 e. The number of nitrogens with zero attached hydrogens (tertiary/aromatic N) is 2. The Morgan fingerprint density at radius 1 is 1.03 bits per heavy atom. The molecule has 0 radical (unpaired) electrons. The first kappa shape index (κ1) is 21.2. The third-order valence-electron chi connectivity index (χ3n) is 4.62. The maximum Gasteiger partial charge on any atom is 0.411 e. The van der Waals surface area contributed by atoms with E-state index in [0.29, 0.717) is 16.9 Å². The van der Waals surface area contributed by atoms with Crippen LogP contribution in [0.25, 0.3) is 10.4 Å². The molecule has 0 saturated heterocycles. The van der Waals surface area contributed by atoms with Gasteiger partial charge in [0.1, 0.15) is 6.61 Å². The Balaban J connectivity index is 1.37. The van der Waals surface area contributed by atoms with Gasteiger partial charge in [0.25, 0.3) is 5.91 Å². The molecule has 2 heterocycles. The summed E-state index contributed by atoms with van der Waals surface area (Å²) in [5.41, 5.74) is 3.26. The van der Waals surface area contributed by atoms with E-state index in [1.165, 1.54) is 0 Å². The first-order valence-corrected chi connectivity index (χ1v) is 10.6. The molecule has 0 aliphatic carbocycles. The van der Waals surface area contributed by atoms with Gasteiger partial charge in [0.05, 0.1) is 5.69 Å². The van der Waals surface area contributed by atoms with Crippen LogP contribution in [0.3, 0.4) is 0 Å². The quantitative estimate of drug-likeness (QED) is 0.246. The fourth-order valence-electron chi connectivity index (χ4n) is 2.99. The van der Waals surface area contributed by atoms with Gasteiger partial charge in [-0.3, -0.25) is 15.1 Å². The summed E-state index contributed by atoms with van der Waals surface area (Å²) in [6.45, 7) is 0.114. The molecular weight excluding hydrogens is 424 g/mol. The molecule has 4 aromatic rings. The molecule has 160 valence electrons. The van der Waals surface area contributed by atoms with Gasteiger partial charge in [0, 0.05) is 34.1 Å². The zero-order chi connectivity index (χ0) is 22.3. The maximum absolute atomic E-state index is 12.8. The van der Waals surface area contributed by atoms with Crippen molar-refractivity contribution >= 4 is 34.7 Å². The van der Waals surface area contributed by atoms with Crippen molar-refractivity contribution in [2.24, 2.45) is 5.84 Å². The third-order valence-corrected chi connectivity index (χ3v) is 5.54. The molecule has 8 heteroatoms. The lowest BCUT2D eigenvalue weighted by Crippen LogP contribution is -2.37. The predicted molar refractivity (Wildman–Crippen MR) is 125 cm³/mol. The lowest BCUT2D eigenvalue weighted by molar-refractivity contribution is 0.0987. The molecule has 0 bridgehead atoms. The third kappa shape index (κ3) is 5.18. The number of pyridine rings is 1. The molecule has 0 aliphatic rings. The molecule has 0 atom stereocenters. The highest BCUT2D eigenvalue weighted by molar-refractivity contribution is 7.13. The SMILES string of the molecule is NN(C(=O)c1ccc(NC(=O)OCc2cccnc2)cc1)c1cccc(-c2cccs2)c1. The van der Waals surface area contributed by atoms with Crippen LogP contribution >= 0.6 is 11.3 Å². The van der Waals surface area contributed by atoms with Crippen molar-refractivity contribution in [1.29, 1.82) is 0 Å². The number of ether oxygens (including phenoxy) is 1. The van der Waals surface area contributed by atoms with Crippen LogP contribution in [0.1, 0.15) is 15.9 Å². The van der Waals surface area contributed by atoms with Crippen molar-refractivity contribution in [3.05, 3.63) is 102 Å². The van der Waals surface area contributed by atoms with Crippen LogP contribution in [0.4, 0.5) is 16.2 Å². The zero-order valence-corrected chi connectivity index (χ0v) is 17.8. The van der Waals surface area contributed by atoms with E-state index in [1.54, 1.807) is 60.1 Å². The fraction of sp³-hybridized carbons (Fsp3) is 0.0417. The molecule has 0 spiro atoms. The number of amides is 2. The van der Waals surface area contributed by atoms with E-state index in [-0.39, 0.29) is 12.5 Å². The average molecular weight is 445 g/mol. The molecule has 0 aliphatic heterocycles. The standard InChI is InChI=1S/C24H20N4O3S/c25-28(21-6-1-5-19(14-21)22-7-3-13-32-22)23(29)18-8-10-20(11-9-18)27-24(30)31-16-17-4-2-12-26-15-17/h1-15H,16,25H2,(H,27,30). The summed E-state index contributed by atoms with van der Waals surface area (Å²) >= 11 is 1.62. The summed E-state index contributed by atoms with van der Waals surface area (Å²) in [4.78, 5) is 29.9. The monoisotopic (exact) mass is 444 g/mol. The summed E-state index contributed by atoms with van der Waals surface area (Å²) in [7, 11) is 0. The van der Waals surface area contributed by atoms with Crippen LogP contribution in [-0.4, -0.2) is 17.0 Å². The Morgan fingerprint density at radius 2 is 1.88 bits per heavy atom. The minimum atomic E-state index is -0.598. The van der Waals surface area contributed by atoms with Crippen molar-refractivity contribution in [3.8, 4) is 10.4 Å². The second-order valence-electron chi connectivity index (χ2n) is 6.84. The number of carbonyl (C=O) groups is 2. The van der Waals surface area contributed by atoms with Gasteiger partial charge < -0.3 is 4.74 Å². The van der Waals surface area contributed by atoms with E-state index in [1.807, 2.05) is 41.8 Å². The Hall–Kier alpha value is -4.01. The molecular formula is C24H20N4O3S. The van der Waals surface area contributed by atoms with Crippen molar-refractivity contribution in [1.82, 2.24) is 4.98 Å². The number of hydrazine groups is 1. The topological polar surface area (TPSA) is 97.6 Å². The van der Waals surface area contributed by atoms with Crippen LogP contribution in [-0.2, 0) is 11.3 Å². The van der Waals surface area contributed by atoms with Crippen LogP contribution < -0.4 is 16.2 Å². The van der Waals surface area contributed by atoms with Crippen molar-refractivity contribution < 1.29 is 14.3 Å². The number of rotatable bonds is 6. The number of nitrogens with one attached hydrogen (secondary N) is 1. The van der Waals surface area contributed by atoms with Crippen LogP contribution in [0.5, 0.6) is 0 Å². The molecule has 2 aromatic carbocycles. The molecule has 4 rings (SSSR count). The van der Waals surface area contributed by atoms with Gasteiger partial charge in [-0.2, -0.15) is 0 Å². The van der Waals surface area contributed by atoms with Crippen LogP contribution in [0, 0.1) is 0 Å². The highest BCUT2D eigenvalue weighted by atomic mass is 32.1. The number of nitrogens with two attached hydrogens (primary N) is 1. The Morgan fingerprint density at radius 3 is 2.59 bits per heavy atom. The molecule has 7 nitrogen and oxygen atoms in total. The minimum absolute atomic E-state index is 0.114. The summed E-state index contributed by atoms with van der Waals surface area (Å²) in [6, 6.07) is 21.5. The highest BCUT2D eigenvalue weighted by Gasteiger charge is 2.15. The highest BCUT2D eigenvalue weighted by Crippen LogP contribution is 2.28. The summed E-state index contributed by atoms with van der Waals surface area (Å²) in [5.74, 6) is 5.74. The lowest BCUT2D eigenvalue weighted by atomic mass is 10.1. The largest absolute Gasteiger partial charge is 0.444 e. The average Bonchev–Trinajstić information content (AvgIpc) is 3.38. The fourth-order valence-corrected chi connectivity index (χ4v) is 3.71. The van der Waals surface area contributed by atoms with Crippen molar-refractivity contribution in [2.75, 3.05) is 10.3 Å². The molecule has 32 heavy (non-hydrogen) atoms. The number of benzene rings is 2. The number of hydrogen-bond acceptors (Lipinski definition) is 6. The number of thiophene rings is 1. The summed E-state index contributed by atoms with van der Waals surface area (Å²) in [5, 5.41) is 5.74. The lowest BCUT2D eigenvalue weighted by Gasteiger charge is -2.17. The zero-order valence-electron chi connectivity index (χ0n) is 17.0.